The fourth-order valence-electron chi connectivity index (χ4n) is 2.86. The van der Waals surface area contributed by atoms with Gasteiger partial charge >= 0.3 is 0 Å². The molecule has 0 amide bonds. The number of likely N-dealkylation sites (N-methyl/N-ethyl adjacent to an activating group) is 1. The quantitative estimate of drug-likeness (QED) is 0.723. The highest BCUT2D eigenvalue weighted by molar-refractivity contribution is 5.86. The van der Waals surface area contributed by atoms with Gasteiger partial charge < -0.3 is 0 Å². The molecule has 1 atom stereocenters. The molecular formula is C13H24N2O. The summed E-state index contributed by atoms with van der Waals surface area (Å²) in [7, 11) is 2.08. The first kappa shape index (κ1) is 12.1. The number of likely N-dealkylation sites (tertiary alicyclic amines) is 2. The molecule has 2 aliphatic rings. The van der Waals surface area contributed by atoms with Gasteiger partial charge in [-0.05, 0) is 58.3 Å². The predicted molar refractivity (Wildman–Crippen MR) is 65.5 cm³/mol. The van der Waals surface area contributed by atoms with Crippen molar-refractivity contribution in [3.63, 3.8) is 0 Å². The molecule has 0 aromatic carbocycles. The molecule has 2 rings (SSSR count). The molecule has 0 saturated carbocycles. The van der Waals surface area contributed by atoms with Crippen molar-refractivity contribution in [2.75, 3.05) is 33.2 Å². The smallest absolute Gasteiger partial charge is 0.163 e. The normalized spacial score (nSPS) is 29.8. The Morgan fingerprint density at radius 1 is 1.19 bits per heavy atom. The van der Waals surface area contributed by atoms with Crippen LogP contribution < -0.4 is 0 Å². The van der Waals surface area contributed by atoms with Crippen molar-refractivity contribution >= 4 is 5.78 Å². The number of carbonyl (C=O) groups is 1. The average Bonchev–Trinajstić information content (AvgIpc) is 2.68. The molecule has 0 spiro atoms. The highest BCUT2D eigenvalue weighted by Gasteiger charge is 2.29. The van der Waals surface area contributed by atoms with E-state index >= 15 is 0 Å². The van der Waals surface area contributed by atoms with Crippen molar-refractivity contribution in [1.29, 1.82) is 0 Å². The summed E-state index contributed by atoms with van der Waals surface area (Å²) in [6.07, 6.45) is 4.77. The summed E-state index contributed by atoms with van der Waals surface area (Å²) in [6.45, 7) is 6.31. The van der Waals surface area contributed by atoms with Crippen LogP contribution in [0.1, 0.15) is 32.6 Å². The number of nitrogens with zero attached hydrogens (tertiary/aromatic N) is 2. The maximum absolute atomic E-state index is 12.1. The number of carbonyl (C=O) groups excluding carboxylic acids is 1. The van der Waals surface area contributed by atoms with E-state index in [2.05, 4.69) is 23.8 Å². The fraction of sp³-hybridized carbons (Fsp3) is 0.923. The molecule has 2 heterocycles. The van der Waals surface area contributed by atoms with Crippen molar-refractivity contribution in [1.82, 2.24) is 9.80 Å². The maximum atomic E-state index is 12.1. The SMILES string of the molecule is CC1CCN(CC(=O)[C@@H]2CCCN2C)CC1. The Balaban J connectivity index is 1.78. The Bertz CT molecular complexity index is 246. The molecule has 92 valence electrons. The first-order chi connectivity index (χ1) is 7.66. The van der Waals surface area contributed by atoms with Gasteiger partial charge in [-0.2, -0.15) is 0 Å². The van der Waals surface area contributed by atoms with Gasteiger partial charge in [-0.15, -0.1) is 0 Å². The molecule has 0 aromatic rings. The van der Waals surface area contributed by atoms with E-state index in [-0.39, 0.29) is 6.04 Å². The van der Waals surface area contributed by atoms with E-state index in [1.165, 1.54) is 19.3 Å². The van der Waals surface area contributed by atoms with Crippen LogP contribution in [0, 0.1) is 5.92 Å². The van der Waals surface area contributed by atoms with Gasteiger partial charge in [-0.1, -0.05) is 6.92 Å². The largest absolute Gasteiger partial charge is 0.297 e. The van der Waals surface area contributed by atoms with Crippen LogP contribution in [-0.2, 0) is 4.79 Å². The van der Waals surface area contributed by atoms with Gasteiger partial charge in [0.15, 0.2) is 5.78 Å². The third-order valence-electron chi connectivity index (χ3n) is 4.15. The molecule has 0 radical (unpaired) electrons. The molecule has 0 aliphatic carbocycles. The van der Waals surface area contributed by atoms with Crippen molar-refractivity contribution in [2.45, 2.75) is 38.6 Å². The zero-order valence-electron chi connectivity index (χ0n) is 10.6. The van der Waals surface area contributed by atoms with Crippen LogP contribution in [0.4, 0.5) is 0 Å². The number of Topliss-reactive ketones (excluding diaryl/α,β-unsaturated/α-hetero) is 1. The van der Waals surface area contributed by atoms with E-state index in [0.717, 1.165) is 32.0 Å². The zero-order chi connectivity index (χ0) is 11.5. The minimum atomic E-state index is 0.208. The monoisotopic (exact) mass is 224 g/mol. The summed E-state index contributed by atoms with van der Waals surface area (Å²) in [4.78, 5) is 16.7. The first-order valence-electron chi connectivity index (χ1n) is 6.62. The second kappa shape index (κ2) is 5.28. The topological polar surface area (TPSA) is 23.6 Å². The Kier molecular flexibility index (Phi) is 3.98. The van der Waals surface area contributed by atoms with Crippen LogP contribution >= 0.6 is 0 Å². The number of piperidine rings is 1. The van der Waals surface area contributed by atoms with Gasteiger partial charge in [-0.3, -0.25) is 14.6 Å². The molecule has 3 heteroatoms. The molecule has 0 bridgehead atoms. The van der Waals surface area contributed by atoms with Crippen LogP contribution in [0.2, 0.25) is 0 Å². The van der Waals surface area contributed by atoms with Gasteiger partial charge in [0.05, 0.1) is 12.6 Å². The Labute approximate surface area is 98.8 Å². The third kappa shape index (κ3) is 2.83. The van der Waals surface area contributed by atoms with E-state index in [0.29, 0.717) is 12.3 Å². The second-order valence-electron chi connectivity index (χ2n) is 5.56. The van der Waals surface area contributed by atoms with Gasteiger partial charge in [0.1, 0.15) is 0 Å². The lowest BCUT2D eigenvalue weighted by Crippen LogP contribution is -2.43. The number of hydrogen-bond acceptors (Lipinski definition) is 3. The first-order valence-corrected chi connectivity index (χ1v) is 6.62. The Morgan fingerprint density at radius 3 is 2.44 bits per heavy atom. The summed E-state index contributed by atoms with van der Waals surface area (Å²) >= 11 is 0. The summed E-state index contributed by atoms with van der Waals surface area (Å²) in [5.41, 5.74) is 0. The lowest BCUT2D eigenvalue weighted by molar-refractivity contribution is -0.124. The highest BCUT2D eigenvalue weighted by atomic mass is 16.1. The molecule has 2 aliphatic heterocycles. The molecule has 16 heavy (non-hydrogen) atoms. The summed E-state index contributed by atoms with van der Waals surface area (Å²) in [5.74, 6) is 1.29. The van der Waals surface area contributed by atoms with Crippen LogP contribution in [0.25, 0.3) is 0 Å². The van der Waals surface area contributed by atoms with Crippen molar-refractivity contribution in [2.24, 2.45) is 5.92 Å². The Hall–Kier alpha value is -0.410. The minimum absolute atomic E-state index is 0.208. The molecule has 2 fully saturated rings. The number of hydrogen-bond donors (Lipinski definition) is 0. The summed E-state index contributed by atoms with van der Waals surface area (Å²) in [6, 6.07) is 0.208. The van der Waals surface area contributed by atoms with Gasteiger partial charge in [0.2, 0.25) is 0 Å². The summed E-state index contributed by atoms with van der Waals surface area (Å²) in [5, 5.41) is 0. The third-order valence-corrected chi connectivity index (χ3v) is 4.15. The molecule has 3 nitrogen and oxygen atoms in total. The lowest BCUT2D eigenvalue weighted by atomic mass is 9.98. The van der Waals surface area contributed by atoms with E-state index in [4.69, 9.17) is 0 Å². The van der Waals surface area contributed by atoms with Crippen LogP contribution in [0.5, 0.6) is 0 Å². The summed E-state index contributed by atoms with van der Waals surface area (Å²) < 4.78 is 0. The van der Waals surface area contributed by atoms with E-state index in [9.17, 15) is 4.79 Å². The lowest BCUT2D eigenvalue weighted by Gasteiger charge is -2.31. The van der Waals surface area contributed by atoms with Crippen LogP contribution in [0.3, 0.4) is 0 Å². The Morgan fingerprint density at radius 2 is 1.88 bits per heavy atom. The molecule has 2 saturated heterocycles. The van der Waals surface area contributed by atoms with E-state index in [1.807, 2.05) is 0 Å². The molecule has 0 unspecified atom stereocenters. The average molecular weight is 224 g/mol. The predicted octanol–water partition coefficient (Wildman–Crippen LogP) is 1.38. The van der Waals surface area contributed by atoms with E-state index in [1.54, 1.807) is 0 Å². The molecule has 0 N–H and O–H groups in total. The van der Waals surface area contributed by atoms with Gasteiger partial charge in [0, 0.05) is 0 Å². The van der Waals surface area contributed by atoms with Crippen molar-refractivity contribution < 1.29 is 4.79 Å². The second-order valence-corrected chi connectivity index (χ2v) is 5.56. The zero-order valence-corrected chi connectivity index (χ0v) is 10.6. The fourth-order valence-corrected chi connectivity index (χ4v) is 2.86. The van der Waals surface area contributed by atoms with E-state index < -0.39 is 0 Å². The van der Waals surface area contributed by atoms with Crippen LogP contribution in [-0.4, -0.2) is 54.9 Å². The van der Waals surface area contributed by atoms with Crippen LogP contribution in [0.15, 0.2) is 0 Å². The number of rotatable bonds is 3. The highest BCUT2D eigenvalue weighted by Crippen LogP contribution is 2.19. The minimum Gasteiger partial charge on any atom is -0.297 e. The van der Waals surface area contributed by atoms with Crippen molar-refractivity contribution in [3.05, 3.63) is 0 Å². The van der Waals surface area contributed by atoms with Crippen molar-refractivity contribution in [3.8, 4) is 0 Å². The van der Waals surface area contributed by atoms with Gasteiger partial charge in [0.25, 0.3) is 0 Å². The molecule has 0 aromatic heterocycles. The van der Waals surface area contributed by atoms with Gasteiger partial charge in [-0.25, -0.2) is 0 Å². The number of ketones is 1. The standard InChI is InChI=1S/C13H24N2O/c1-11-5-8-15(9-6-11)10-13(16)12-4-3-7-14(12)2/h11-12H,3-10H2,1-2H3/t12-/m0/s1. The maximum Gasteiger partial charge on any atom is 0.163 e. The molecular weight excluding hydrogens is 200 g/mol.